The maximum absolute atomic E-state index is 12.2. The van der Waals surface area contributed by atoms with Crippen molar-refractivity contribution in [3.8, 4) is 0 Å². The van der Waals surface area contributed by atoms with Crippen molar-refractivity contribution in [1.82, 2.24) is 9.62 Å². The largest absolute Gasteiger partial charge is 0.328 e. The molecule has 0 aromatic carbocycles. The van der Waals surface area contributed by atoms with Crippen molar-refractivity contribution in [2.24, 2.45) is 5.73 Å². The minimum atomic E-state index is -3.17. The number of nitrogens with zero attached hydrogens (tertiary/aromatic N) is 1. The van der Waals surface area contributed by atoms with Gasteiger partial charge in [-0.05, 0) is 45.7 Å². The fraction of sp³-hybridized carbons (Fsp3) is 1.00. The summed E-state index contributed by atoms with van der Waals surface area (Å²) in [6.45, 7) is 1.65. The third-order valence-corrected chi connectivity index (χ3v) is 5.75. The summed E-state index contributed by atoms with van der Waals surface area (Å²) < 4.78 is 27.3. The van der Waals surface area contributed by atoms with Crippen LogP contribution in [0.15, 0.2) is 0 Å². The van der Waals surface area contributed by atoms with E-state index in [-0.39, 0.29) is 17.3 Å². The van der Waals surface area contributed by atoms with Crippen molar-refractivity contribution in [2.75, 3.05) is 20.1 Å². The van der Waals surface area contributed by atoms with E-state index >= 15 is 0 Å². The van der Waals surface area contributed by atoms with Gasteiger partial charge >= 0.3 is 0 Å². The van der Waals surface area contributed by atoms with Crippen LogP contribution in [0.4, 0.5) is 0 Å². The van der Waals surface area contributed by atoms with E-state index in [2.05, 4.69) is 9.62 Å². The first-order valence-corrected chi connectivity index (χ1v) is 7.97. The first-order valence-electron chi connectivity index (χ1n) is 6.42. The lowest BCUT2D eigenvalue weighted by atomic mass is 10.1. The molecule has 2 rings (SSSR count). The van der Waals surface area contributed by atoms with E-state index in [1.54, 1.807) is 0 Å². The molecule has 0 aromatic heterocycles. The number of rotatable bonds is 3. The first-order chi connectivity index (χ1) is 7.97. The number of nitrogens with one attached hydrogen (secondary N) is 1. The topological polar surface area (TPSA) is 75.4 Å². The highest BCUT2D eigenvalue weighted by molar-refractivity contribution is 7.90. The van der Waals surface area contributed by atoms with Crippen LogP contribution >= 0.6 is 0 Å². The van der Waals surface area contributed by atoms with E-state index < -0.39 is 10.0 Å². The maximum atomic E-state index is 12.2. The predicted octanol–water partition coefficient (Wildman–Crippen LogP) is -0.120. The van der Waals surface area contributed by atoms with Crippen molar-refractivity contribution in [2.45, 2.75) is 49.4 Å². The average Bonchev–Trinajstić information content (AvgIpc) is 2.63. The van der Waals surface area contributed by atoms with Crippen LogP contribution < -0.4 is 10.5 Å². The summed E-state index contributed by atoms with van der Waals surface area (Å²) in [4.78, 5) is 2.09. The fourth-order valence-corrected chi connectivity index (χ4v) is 4.62. The van der Waals surface area contributed by atoms with E-state index in [1.807, 2.05) is 7.05 Å². The second kappa shape index (κ2) is 5.22. The van der Waals surface area contributed by atoms with Crippen molar-refractivity contribution in [3.63, 3.8) is 0 Å². The van der Waals surface area contributed by atoms with E-state index in [4.69, 9.17) is 5.73 Å². The molecule has 0 radical (unpaired) electrons. The van der Waals surface area contributed by atoms with Gasteiger partial charge < -0.3 is 10.6 Å². The number of hydrogen-bond donors (Lipinski definition) is 2. The van der Waals surface area contributed by atoms with Crippen LogP contribution in [0.3, 0.4) is 0 Å². The van der Waals surface area contributed by atoms with Gasteiger partial charge in [0.2, 0.25) is 10.0 Å². The molecule has 0 amide bonds. The Morgan fingerprint density at radius 1 is 1.29 bits per heavy atom. The number of nitrogens with two attached hydrogens (primary N) is 1. The van der Waals surface area contributed by atoms with Crippen molar-refractivity contribution >= 4 is 10.0 Å². The number of sulfonamides is 1. The van der Waals surface area contributed by atoms with Crippen LogP contribution in [0.5, 0.6) is 0 Å². The minimum Gasteiger partial charge on any atom is -0.328 e. The second-order valence-electron chi connectivity index (χ2n) is 5.46. The van der Waals surface area contributed by atoms with Crippen LogP contribution in [-0.2, 0) is 10.0 Å². The molecule has 2 fully saturated rings. The Hall–Kier alpha value is -0.170. The molecule has 5 nitrogen and oxygen atoms in total. The Balaban J connectivity index is 1.93. The van der Waals surface area contributed by atoms with Gasteiger partial charge in [-0.15, -0.1) is 0 Å². The monoisotopic (exact) mass is 261 g/mol. The molecule has 1 saturated heterocycles. The Bertz CT molecular complexity index is 358. The lowest BCUT2D eigenvalue weighted by molar-refractivity contribution is 0.276. The van der Waals surface area contributed by atoms with Gasteiger partial charge in [0.25, 0.3) is 0 Å². The molecule has 1 aliphatic carbocycles. The highest BCUT2D eigenvalue weighted by Gasteiger charge is 2.33. The molecule has 6 heteroatoms. The summed E-state index contributed by atoms with van der Waals surface area (Å²) in [6, 6.07) is 0.221. The van der Waals surface area contributed by atoms with E-state index in [0.29, 0.717) is 6.54 Å². The highest BCUT2D eigenvalue weighted by atomic mass is 32.2. The lowest BCUT2D eigenvalue weighted by Crippen LogP contribution is -2.47. The molecule has 1 heterocycles. The van der Waals surface area contributed by atoms with E-state index in [0.717, 1.165) is 38.6 Å². The zero-order valence-electron chi connectivity index (χ0n) is 10.4. The van der Waals surface area contributed by atoms with Gasteiger partial charge in [-0.2, -0.15) is 0 Å². The maximum Gasteiger partial charge on any atom is 0.215 e. The molecule has 0 bridgehead atoms. The Kier molecular flexibility index (Phi) is 4.07. The molecule has 3 N–H and O–H groups in total. The SMILES string of the molecule is CN1CCCC(S(=O)(=O)NC2CCC(N)C2)C1. The quantitative estimate of drug-likeness (QED) is 0.743. The summed E-state index contributed by atoms with van der Waals surface area (Å²) in [6.07, 6.45) is 4.33. The molecule has 0 spiro atoms. The molecule has 3 atom stereocenters. The summed E-state index contributed by atoms with van der Waals surface area (Å²) in [5, 5.41) is -0.252. The fourth-order valence-electron chi connectivity index (χ4n) is 2.82. The van der Waals surface area contributed by atoms with E-state index in [9.17, 15) is 8.42 Å². The van der Waals surface area contributed by atoms with Gasteiger partial charge in [0.1, 0.15) is 0 Å². The average molecular weight is 261 g/mol. The molecule has 1 saturated carbocycles. The zero-order chi connectivity index (χ0) is 12.5. The van der Waals surface area contributed by atoms with Crippen LogP contribution in [-0.4, -0.2) is 50.8 Å². The Morgan fingerprint density at radius 3 is 2.65 bits per heavy atom. The third kappa shape index (κ3) is 3.40. The molecule has 1 aliphatic heterocycles. The van der Waals surface area contributed by atoms with Gasteiger partial charge in [0, 0.05) is 18.6 Å². The molecular formula is C11H23N3O2S. The van der Waals surface area contributed by atoms with Gasteiger partial charge in [0.15, 0.2) is 0 Å². The number of likely N-dealkylation sites (tertiary alicyclic amines) is 1. The van der Waals surface area contributed by atoms with Crippen LogP contribution in [0, 0.1) is 0 Å². The van der Waals surface area contributed by atoms with Crippen LogP contribution in [0.1, 0.15) is 32.1 Å². The zero-order valence-corrected chi connectivity index (χ0v) is 11.2. The standard InChI is InChI=1S/C11H23N3O2S/c1-14-6-2-3-11(8-14)17(15,16)13-10-5-4-9(12)7-10/h9-11,13H,2-8,12H2,1H3. The van der Waals surface area contributed by atoms with Crippen molar-refractivity contribution in [1.29, 1.82) is 0 Å². The second-order valence-corrected chi connectivity index (χ2v) is 7.45. The number of piperidine rings is 1. The van der Waals surface area contributed by atoms with Crippen molar-refractivity contribution < 1.29 is 8.42 Å². The van der Waals surface area contributed by atoms with Crippen molar-refractivity contribution in [3.05, 3.63) is 0 Å². The van der Waals surface area contributed by atoms with Gasteiger partial charge in [0.05, 0.1) is 5.25 Å². The molecule has 2 aliphatic rings. The molecular weight excluding hydrogens is 238 g/mol. The van der Waals surface area contributed by atoms with Crippen LogP contribution in [0.2, 0.25) is 0 Å². The van der Waals surface area contributed by atoms with E-state index in [1.165, 1.54) is 0 Å². The Labute approximate surface area is 104 Å². The third-order valence-electron chi connectivity index (χ3n) is 3.82. The van der Waals surface area contributed by atoms with Gasteiger partial charge in [-0.1, -0.05) is 0 Å². The minimum absolute atomic E-state index is 0.0576. The summed E-state index contributed by atoms with van der Waals surface area (Å²) in [5.74, 6) is 0. The number of hydrogen-bond acceptors (Lipinski definition) is 4. The predicted molar refractivity (Wildman–Crippen MR) is 68.2 cm³/mol. The Morgan fingerprint density at radius 2 is 2.06 bits per heavy atom. The van der Waals surface area contributed by atoms with Gasteiger partial charge in [-0.3, -0.25) is 0 Å². The van der Waals surface area contributed by atoms with Gasteiger partial charge in [-0.25, -0.2) is 13.1 Å². The molecule has 0 aromatic rings. The smallest absolute Gasteiger partial charge is 0.215 e. The highest BCUT2D eigenvalue weighted by Crippen LogP contribution is 2.21. The lowest BCUT2D eigenvalue weighted by Gasteiger charge is -2.30. The molecule has 17 heavy (non-hydrogen) atoms. The summed E-state index contributed by atoms with van der Waals surface area (Å²) in [5.41, 5.74) is 5.80. The first kappa shape index (κ1) is 13.3. The molecule has 100 valence electrons. The normalized spacial score (nSPS) is 36.2. The molecule has 3 unspecified atom stereocenters. The summed E-state index contributed by atoms with van der Waals surface area (Å²) >= 11 is 0. The summed E-state index contributed by atoms with van der Waals surface area (Å²) in [7, 11) is -1.19. The van der Waals surface area contributed by atoms with Crippen LogP contribution in [0.25, 0.3) is 0 Å².